The Morgan fingerprint density at radius 2 is 2.36 bits per heavy atom. The van der Waals surface area contributed by atoms with Crippen LogP contribution >= 0.6 is 15.9 Å². The molecule has 0 aliphatic carbocycles. The van der Waals surface area contributed by atoms with Crippen molar-refractivity contribution >= 4 is 15.9 Å². The first-order chi connectivity index (χ1) is 5.20. The summed E-state index contributed by atoms with van der Waals surface area (Å²) in [6, 6.07) is 4.06. The number of hydrogen-bond donors (Lipinski definition) is 0. The van der Waals surface area contributed by atoms with Crippen molar-refractivity contribution in [2.75, 3.05) is 0 Å². The van der Waals surface area contributed by atoms with Crippen LogP contribution in [0.5, 0.6) is 0 Å². The van der Waals surface area contributed by atoms with Gasteiger partial charge in [0.15, 0.2) is 0 Å². The maximum Gasteiger partial charge on any atom is 0.0443 e. The molecule has 1 nitrogen and oxygen atoms in total. The molecule has 0 radical (unpaired) electrons. The third-order valence-corrected chi connectivity index (χ3v) is 1.92. The molecular weight excluding hydrogens is 202 g/mol. The minimum atomic E-state index is 0.510. The maximum atomic E-state index is 4.29. The summed E-state index contributed by atoms with van der Waals surface area (Å²) in [6.07, 6.45) is 2.85. The molecule has 0 amide bonds. The molecule has 0 aliphatic rings. The molecule has 0 fully saturated rings. The largest absolute Gasteiger partial charge is 0.261 e. The van der Waals surface area contributed by atoms with Crippen molar-refractivity contribution in [3.63, 3.8) is 0 Å². The fraction of sp³-hybridized carbons (Fsp3) is 0.444. The minimum absolute atomic E-state index is 0.510. The Morgan fingerprint density at radius 3 is 2.91 bits per heavy atom. The fourth-order valence-electron chi connectivity index (χ4n) is 0.999. The van der Waals surface area contributed by atoms with E-state index in [2.05, 4.69) is 40.8 Å². The van der Waals surface area contributed by atoms with Crippen molar-refractivity contribution in [3.05, 3.63) is 29.6 Å². The summed E-state index contributed by atoms with van der Waals surface area (Å²) in [7, 11) is 0. The maximum absolute atomic E-state index is 4.29. The first-order valence-electron chi connectivity index (χ1n) is 3.74. The van der Waals surface area contributed by atoms with E-state index < -0.39 is 0 Å². The lowest BCUT2D eigenvalue weighted by Gasteiger charge is -2.04. The van der Waals surface area contributed by atoms with E-state index in [1.54, 1.807) is 0 Å². The Labute approximate surface area is 76.0 Å². The van der Waals surface area contributed by atoms with E-state index in [4.69, 9.17) is 0 Å². The lowest BCUT2D eigenvalue weighted by Crippen LogP contribution is -2.00. The van der Waals surface area contributed by atoms with Gasteiger partial charge in [-0.3, -0.25) is 4.98 Å². The van der Waals surface area contributed by atoms with Gasteiger partial charge in [0.25, 0.3) is 0 Å². The van der Waals surface area contributed by atoms with Crippen LogP contribution in [0.4, 0.5) is 0 Å². The fourth-order valence-corrected chi connectivity index (χ4v) is 1.31. The Kier molecular flexibility index (Phi) is 3.06. The highest BCUT2D eigenvalue weighted by Gasteiger charge is 2.01. The van der Waals surface area contributed by atoms with Crippen molar-refractivity contribution in [2.45, 2.75) is 25.1 Å². The van der Waals surface area contributed by atoms with Gasteiger partial charge in [0.2, 0.25) is 0 Å². The van der Waals surface area contributed by atoms with E-state index in [-0.39, 0.29) is 0 Å². The van der Waals surface area contributed by atoms with Gasteiger partial charge in [-0.1, -0.05) is 28.9 Å². The van der Waals surface area contributed by atoms with Crippen molar-refractivity contribution < 1.29 is 0 Å². The molecule has 0 bridgehead atoms. The molecule has 0 saturated carbocycles. The van der Waals surface area contributed by atoms with Gasteiger partial charge in [-0.2, -0.15) is 0 Å². The zero-order valence-corrected chi connectivity index (χ0v) is 8.43. The number of nitrogens with zero attached hydrogens (tertiary/aromatic N) is 1. The minimum Gasteiger partial charge on any atom is -0.261 e. The van der Waals surface area contributed by atoms with Crippen molar-refractivity contribution in [3.8, 4) is 0 Å². The molecule has 0 aliphatic heterocycles. The highest BCUT2D eigenvalue weighted by molar-refractivity contribution is 9.09. The summed E-state index contributed by atoms with van der Waals surface area (Å²) in [5.74, 6) is 0. The van der Waals surface area contributed by atoms with Crippen LogP contribution in [0.25, 0.3) is 0 Å². The number of pyridine rings is 1. The molecule has 60 valence electrons. The first kappa shape index (κ1) is 8.72. The Balaban J connectivity index is 2.78. The zero-order valence-electron chi connectivity index (χ0n) is 6.84. The monoisotopic (exact) mass is 213 g/mol. The molecule has 1 heterocycles. The number of halogens is 1. The topological polar surface area (TPSA) is 12.9 Å². The number of aromatic nitrogens is 1. The van der Waals surface area contributed by atoms with Gasteiger partial charge in [-0.25, -0.2) is 0 Å². The summed E-state index contributed by atoms with van der Waals surface area (Å²) in [5.41, 5.74) is 2.47. The molecule has 1 unspecified atom stereocenters. The highest BCUT2D eigenvalue weighted by atomic mass is 79.9. The SMILES string of the molecule is Cc1cccnc1CC(C)Br. The Bertz CT molecular complexity index is 233. The predicted octanol–water partition coefficient (Wildman–Crippen LogP) is 2.72. The lowest BCUT2D eigenvalue weighted by atomic mass is 10.1. The second-order valence-electron chi connectivity index (χ2n) is 2.75. The normalized spacial score (nSPS) is 13.0. The summed E-state index contributed by atoms with van der Waals surface area (Å²) in [5, 5.41) is 0. The second kappa shape index (κ2) is 3.86. The third-order valence-electron chi connectivity index (χ3n) is 1.59. The van der Waals surface area contributed by atoms with Gasteiger partial charge in [0, 0.05) is 23.1 Å². The van der Waals surface area contributed by atoms with Gasteiger partial charge in [-0.05, 0) is 18.6 Å². The van der Waals surface area contributed by atoms with Crippen molar-refractivity contribution in [1.29, 1.82) is 0 Å². The molecular formula is C9H12BrN. The van der Waals surface area contributed by atoms with E-state index in [0.29, 0.717) is 4.83 Å². The van der Waals surface area contributed by atoms with E-state index in [0.717, 1.165) is 6.42 Å². The molecule has 1 atom stereocenters. The van der Waals surface area contributed by atoms with Crippen LogP contribution < -0.4 is 0 Å². The third kappa shape index (κ3) is 2.62. The zero-order chi connectivity index (χ0) is 8.27. The van der Waals surface area contributed by atoms with E-state index >= 15 is 0 Å². The van der Waals surface area contributed by atoms with Gasteiger partial charge in [-0.15, -0.1) is 0 Å². The quantitative estimate of drug-likeness (QED) is 0.689. The second-order valence-corrected chi connectivity index (χ2v) is 4.32. The summed E-state index contributed by atoms with van der Waals surface area (Å²) in [4.78, 5) is 4.80. The molecule has 0 N–H and O–H groups in total. The molecule has 1 rings (SSSR count). The summed E-state index contributed by atoms with van der Waals surface area (Å²) in [6.45, 7) is 4.23. The van der Waals surface area contributed by atoms with Gasteiger partial charge >= 0.3 is 0 Å². The van der Waals surface area contributed by atoms with E-state index in [9.17, 15) is 0 Å². The molecule has 0 spiro atoms. The number of aryl methyl sites for hydroxylation is 1. The van der Waals surface area contributed by atoms with Crippen molar-refractivity contribution in [2.24, 2.45) is 0 Å². The van der Waals surface area contributed by atoms with Crippen LogP contribution in [0.1, 0.15) is 18.2 Å². The average molecular weight is 214 g/mol. The molecule has 1 aromatic heterocycles. The van der Waals surface area contributed by atoms with E-state index in [1.807, 2.05) is 12.3 Å². The standard InChI is InChI=1S/C9H12BrN/c1-7-4-3-5-11-9(7)6-8(2)10/h3-5,8H,6H2,1-2H3. The first-order valence-corrected chi connectivity index (χ1v) is 4.66. The Hall–Kier alpha value is -0.370. The molecule has 0 aromatic carbocycles. The highest BCUT2D eigenvalue weighted by Crippen LogP contribution is 2.10. The van der Waals surface area contributed by atoms with Gasteiger partial charge in [0.1, 0.15) is 0 Å². The van der Waals surface area contributed by atoms with Crippen molar-refractivity contribution in [1.82, 2.24) is 4.98 Å². The van der Waals surface area contributed by atoms with Crippen LogP contribution in [-0.4, -0.2) is 9.81 Å². The van der Waals surface area contributed by atoms with Crippen LogP contribution in [0.15, 0.2) is 18.3 Å². The van der Waals surface area contributed by atoms with Crippen LogP contribution in [0.3, 0.4) is 0 Å². The van der Waals surface area contributed by atoms with Crippen LogP contribution in [-0.2, 0) is 6.42 Å². The van der Waals surface area contributed by atoms with Gasteiger partial charge < -0.3 is 0 Å². The van der Waals surface area contributed by atoms with Crippen LogP contribution in [0.2, 0.25) is 0 Å². The van der Waals surface area contributed by atoms with Gasteiger partial charge in [0.05, 0.1) is 0 Å². The van der Waals surface area contributed by atoms with E-state index in [1.165, 1.54) is 11.3 Å². The van der Waals surface area contributed by atoms with Crippen LogP contribution in [0, 0.1) is 6.92 Å². The number of rotatable bonds is 2. The molecule has 2 heteroatoms. The predicted molar refractivity (Wildman–Crippen MR) is 51.1 cm³/mol. The molecule has 0 saturated heterocycles. The summed E-state index contributed by atoms with van der Waals surface area (Å²) >= 11 is 3.51. The number of hydrogen-bond acceptors (Lipinski definition) is 1. The average Bonchev–Trinajstić information content (AvgIpc) is 1.93. The summed E-state index contributed by atoms with van der Waals surface area (Å²) < 4.78 is 0. The lowest BCUT2D eigenvalue weighted by molar-refractivity contribution is 0.901. The number of alkyl halides is 1. The smallest absolute Gasteiger partial charge is 0.0443 e. The Morgan fingerprint density at radius 1 is 1.64 bits per heavy atom. The molecule has 1 aromatic rings. The molecule has 11 heavy (non-hydrogen) atoms.